The zero-order valence-electron chi connectivity index (χ0n) is 5.64. The highest BCUT2D eigenvalue weighted by Gasteiger charge is 2.08. The Bertz CT molecular complexity index is 66.7. The SMILES string of the molecule is NCC1CNCCC[N]1. The molecule has 1 rings (SSSR count). The van der Waals surface area contributed by atoms with E-state index in [1.165, 1.54) is 0 Å². The number of nitrogens with zero attached hydrogens (tertiary/aromatic N) is 1. The van der Waals surface area contributed by atoms with Gasteiger partial charge in [0.15, 0.2) is 0 Å². The summed E-state index contributed by atoms with van der Waals surface area (Å²) in [5.74, 6) is 0. The summed E-state index contributed by atoms with van der Waals surface area (Å²) in [7, 11) is 0. The predicted octanol–water partition coefficient (Wildman–Crippen LogP) is -1.09. The Hall–Kier alpha value is -0.120. The van der Waals surface area contributed by atoms with Crippen LogP contribution in [0.25, 0.3) is 0 Å². The smallest absolute Gasteiger partial charge is 0.0493 e. The number of nitrogens with two attached hydrogens (primary N) is 1. The Kier molecular flexibility index (Phi) is 2.97. The van der Waals surface area contributed by atoms with Crippen LogP contribution in [-0.4, -0.2) is 32.2 Å². The van der Waals surface area contributed by atoms with E-state index in [4.69, 9.17) is 5.73 Å². The Morgan fingerprint density at radius 1 is 1.67 bits per heavy atom. The van der Waals surface area contributed by atoms with Crippen LogP contribution in [0.4, 0.5) is 0 Å². The molecular weight excluding hydrogens is 114 g/mol. The highest BCUT2D eigenvalue weighted by Crippen LogP contribution is 1.87. The van der Waals surface area contributed by atoms with Crippen LogP contribution in [0.5, 0.6) is 0 Å². The first-order valence-corrected chi connectivity index (χ1v) is 3.51. The molecule has 1 fully saturated rings. The fourth-order valence-corrected chi connectivity index (χ4v) is 0.969. The quantitative estimate of drug-likeness (QED) is 0.471. The van der Waals surface area contributed by atoms with Gasteiger partial charge in [0.2, 0.25) is 0 Å². The molecule has 1 radical (unpaired) electrons. The van der Waals surface area contributed by atoms with Gasteiger partial charge in [-0.1, -0.05) is 0 Å². The average Bonchev–Trinajstić information content (AvgIpc) is 2.13. The monoisotopic (exact) mass is 128 g/mol. The highest BCUT2D eigenvalue weighted by atomic mass is 15.0. The Morgan fingerprint density at radius 3 is 3.33 bits per heavy atom. The van der Waals surface area contributed by atoms with Crippen molar-refractivity contribution in [2.24, 2.45) is 5.73 Å². The van der Waals surface area contributed by atoms with Crippen molar-refractivity contribution in [1.29, 1.82) is 0 Å². The summed E-state index contributed by atoms with van der Waals surface area (Å²) in [6, 6.07) is 0.368. The first-order chi connectivity index (χ1) is 4.43. The van der Waals surface area contributed by atoms with Crippen LogP contribution in [0.2, 0.25) is 0 Å². The summed E-state index contributed by atoms with van der Waals surface area (Å²) >= 11 is 0. The lowest BCUT2D eigenvalue weighted by molar-refractivity contribution is 0.526. The van der Waals surface area contributed by atoms with Gasteiger partial charge in [-0.3, -0.25) is 0 Å². The first kappa shape index (κ1) is 6.99. The minimum atomic E-state index is 0.368. The van der Waals surface area contributed by atoms with E-state index in [1.807, 2.05) is 0 Å². The van der Waals surface area contributed by atoms with Gasteiger partial charge < -0.3 is 11.1 Å². The lowest BCUT2D eigenvalue weighted by atomic mass is 10.3. The molecule has 1 atom stereocenters. The Balaban J connectivity index is 2.18. The molecule has 3 N–H and O–H groups in total. The molecule has 0 spiro atoms. The summed E-state index contributed by atoms with van der Waals surface area (Å²) in [4.78, 5) is 0. The number of nitrogens with one attached hydrogen (secondary N) is 1. The second-order valence-electron chi connectivity index (χ2n) is 2.35. The van der Waals surface area contributed by atoms with Gasteiger partial charge in [0.05, 0.1) is 0 Å². The fourth-order valence-electron chi connectivity index (χ4n) is 0.969. The van der Waals surface area contributed by atoms with E-state index in [2.05, 4.69) is 10.6 Å². The lowest BCUT2D eigenvalue weighted by Crippen LogP contribution is -2.37. The molecule has 1 aliphatic heterocycles. The molecule has 0 bridgehead atoms. The van der Waals surface area contributed by atoms with Crippen molar-refractivity contribution in [2.75, 3.05) is 26.2 Å². The lowest BCUT2D eigenvalue weighted by Gasteiger charge is -2.09. The second-order valence-corrected chi connectivity index (χ2v) is 2.35. The largest absolute Gasteiger partial charge is 0.329 e. The van der Waals surface area contributed by atoms with Gasteiger partial charge in [0.1, 0.15) is 0 Å². The maximum atomic E-state index is 5.44. The summed E-state index contributed by atoms with van der Waals surface area (Å²) in [6.45, 7) is 3.73. The van der Waals surface area contributed by atoms with Gasteiger partial charge in [-0.15, -0.1) is 0 Å². The van der Waals surface area contributed by atoms with Crippen molar-refractivity contribution in [3.05, 3.63) is 0 Å². The number of rotatable bonds is 1. The molecule has 1 aliphatic rings. The average molecular weight is 128 g/mol. The van der Waals surface area contributed by atoms with Crippen LogP contribution in [0.1, 0.15) is 6.42 Å². The fraction of sp³-hybridized carbons (Fsp3) is 1.00. The zero-order chi connectivity index (χ0) is 6.53. The molecule has 0 aromatic carbocycles. The van der Waals surface area contributed by atoms with E-state index in [1.54, 1.807) is 0 Å². The minimum Gasteiger partial charge on any atom is -0.329 e. The first-order valence-electron chi connectivity index (χ1n) is 3.51. The zero-order valence-corrected chi connectivity index (χ0v) is 5.64. The molecule has 0 aromatic heterocycles. The van der Waals surface area contributed by atoms with Crippen LogP contribution in [0.15, 0.2) is 0 Å². The molecule has 0 aliphatic carbocycles. The van der Waals surface area contributed by atoms with E-state index in [-0.39, 0.29) is 0 Å². The van der Waals surface area contributed by atoms with Gasteiger partial charge in [0.25, 0.3) is 0 Å². The molecule has 9 heavy (non-hydrogen) atoms. The van der Waals surface area contributed by atoms with Crippen molar-refractivity contribution in [3.63, 3.8) is 0 Å². The van der Waals surface area contributed by atoms with Gasteiger partial charge in [0, 0.05) is 25.7 Å². The van der Waals surface area contributed by atoms with E-state index in [0.717, 1.165) is 26.1 Å². The van der Waals surface area contributed by atoms with E-state index in [0.29, 0.717) is 12.6 Å². The van der Waals surface area contributed by atoms with Crippen molar-refractivity contribution in [2.45, 2.75) is 12.5 Å². The summed E-state index contributed by atoms with van der Waals surface area (Å²) in [5.41, 5.74) is 5.44. The van der Waals surface area contributed by atoms with Gasteiger partial charge in [-0.05, 0) is 13.0 Å². The molecule has 3 heteroatoms. The Morgan fingerprint density at radius 2 is 2.56 bits per heavy atom. The maximum Gasteiger partial charge on any atom is 0.0493 e. The van der Waals surface area contributed by atoms with E-state index < -0.39 is 0 Å². The van der Waals surface area contributed by atoms with Crippen LogP contribution >= 0.6 is 0 Å². The highest BCUT2D eigenvalue weighted by molar-refractivity contribution is 4.72. The molecule has 53 valence electrons. The van der Waals surface area contributed by atoms with E-state index in [9.17, 15) is 0 Å². The third-order valence-corrected chi connectivity index (χ3v) is 1.55. The molecule has 1 heterocycles. The van der Waals surface area contributed by atoms with Crippen molar-refractivity contribution < 1.29 is 0 Å². The van der Waals surface area contributed by atoms with Gasteiger partial charge in [-0.25, -0.2) is 5.32 Å². The number of hydrogen-bond acceptors (Lipinski definition) is 2. The topological polar surface area (TPSA) is 52.1 Å². The van der Waals surface area contributed by atoms with Crippen LogP contribution in [-0.2, 0) is 0 Å². The van der Waals surface area contributed by atoms with Crippen molar-refractivity contribution in [1.82, 2.24) is 10.6 Å². The summed E-state index contributed by atoms with van der Waals surface area (Å²) in [6.07, 6.45) is 1.16. The molecule has 1 unspecified atom stereocenters. The number of hydrogen-bond donors (Lipinski definition) is 2. The summed E-state index contributed by atoms with van der Waals surface area (Å²) in [5, 5.41) is 7.63. The molecular formula is C6H14N3. The molecule has 3 nitrogen and oxygen atoms in total. The third-order valence-electron chi connectivity index (χ3n) is 1.55. The second kappa shape index (κ2) is 3.82. The molecule has 0 amide bonds. The van der Waals surface area contributed by atoms with E-state index >= 15 is 0 Å². The van der Waals surface area contributed by atoms with Gasteiger partial charge >= 0.3 is 0 Å². The maximum absolute atomic E-state index is 5.44. The molecule has 0 aromatic rings. The Labute approximate surface area is 56.0 Å². The van der Waals surface area contributed by atoms with Crippen LogP contribution in [0.3, 0.4) is 0 Å². The van der Waals surface area contributed by atoms with Gasteiger partial charge in [-0.2, -0.15) is 0 Å². The minimum absolute atomic E-state index is 0.368. The molecule has 0 saturated carbocycles. The van der Waals surface area contributed by atoms with Crippen molar-refractivity contribution >= 4 is 0 Å². The van der Waals surface area contributed by atoms with Crippen LogP contribution < -0.4 is 16.4 Å². The normalized spacial score (nSPS) is 29.7. The third kappa shape index (κ3) is 2.30. The predicted molar refractivity (Wildman–Crippen MR) is 37.3 cm³/mol. The van der Waals surface area contributed by atoms with Crippen LogP contribution in [0, 0.1) is 0 Å². The standard InChI is InChI=1S/C6H14N3/c7-4-6-5-8-2-1-3-9-6/h6,8H,1-5,7H2. The summed E-state index contributed by atoms with van der Waals surface area (Å²) < 4.78 is 0. The van der Waals surface area contributed by atoms with Crippen molar-refractivity contribution in [3.8, 4) is 0 Å². The molecule has 1 saturated heterocycles.